The molecule has 1 aromatic carbocycles. The van der Waals surface area contributed by atoms with Crippen molar-refractivity contribution in [2.45, 2.75) is 19.9 Å². The van der Waals surface area contributed by atoms with E-state index >= 15 is 0 Å². The van der Waals surface area contributed by atoms with Gasteiger partial charge in [-0.3, -0.25) is 0 Å². The second-order valence-electron chi connectivity index (χ2n) is 4.95. The Morgan fingerprint density at radius 3 is 2.61 bits per heavy atom. The van der Waals surface area contributed by atoms with E-state index in [1.165, 1.54) is 10.9 Å². The third-order valence-electron chi connectivity index (χ3n) is 3.49. The highest BCUT2D eigenvalue weighted by molar-refractivity contribution is 5.83. The van der Waals surface area contributed by atoms with Crippen molar-refractivity contribution in [1.29, 1.82) is 5.26 Å². The van der Waals surface area contributed by atoms with E-state index < -0.39 is 0 Å². The molecule has 0 aliphatic rings. The van der Waals surface area contributed by atoms with Crippen LogP contribution < -0.4 is 5.32 Å². The number of fused-ring (bicyclic) bond motifs is 1. The summed E-state index contributed by atoms with van der Waals surface area (Å²) in [7, 11) is 1.92. The lowest BCUT2D eigenvalue weighted by Crippen LogP contribution is -2.27. The minimum absolute atomic E-state index is 0.0331. The quantitative estimate of drug-likeness (QED) is 0.863. The van der Waals surface area contributed by atoms with Crippen molar-refractivity contribution in [3.05, 3.63) is 36.0 Å². The summed E-state index contributed by atoms with van der Waals surface area (Å²) >= 11 is 0. The van der Waals surface area contributed by atoms with Gasteiger partial charge in [0.2, 0.25) is 0 Å². The fourth-order valence-electron chi connectivity index (χ4n) is 2.49. The molecule has 0 bridgehead atoms. The molecule has 94 valence electrons. The average molecular weight is 241 g/mol. The number of rotatable bonds is 4. The number of nitrogens with one attached hydrogen (secondary N) is 2. The number of aromatic amines is 1. The van der Waals surface area contributed by atoms with Crippen LogP contribution in [-0.4, -0.2) is 12.0 Å². The highest BCUT2D eigenvalue weighted by atomic mass is 14.9. The molecule has 0 fully saturated rings. The van der Waals surface area contributed by atoms with Crippen LogP contribution in [0.15, 0.2) is 30.5 Å². The van der Waals surface area contributed by atoms with Gasteiger partial charge >= 0.3 is 0 Å². The molecule has 0 amide bonds. The largest absolute Gasteiger partial charge is 0.361 e. The molecule has 1 heterocycles. The van der Waals surface area contributed by atoms with Crippen molar-refractivity contribution >= 4 is 10.9 Å². The van der Waals surface area contributed by atoms with Gasteiger partial charge in [0, 0.05) is 17.1 Å². The molecule has 0 radical (unpaired) electrons. The van der Waals surface area contributed by atoms with Crippen LogP contribution in [-0.2, 0) is 0 Å². The molecule has 0 aliphatic carbocycles. The van der Waals surface area contributed by atoms with Crippen LogP contribution in [0.25, 0.3) is 10.9 Å². The van der Waals surface area contributed by atoms with Crippen molar-refractivity contribution < 1.29 is 0 Å². The van der Waals surface area contributed by atoms with E-state index in [0.29, 0.717) is 5.92 Å². The first kappa shape index (κ1) is 12.7. The maximum Gasteiger partial charge on any atom is 0.0681 e. The third kappa shape index (κ3) is 2.12. The maximum absolute atomic E-state index is 9.37. The third-order valence-corrected chi connectivity index (χ3v) is 3.49. The first-order chi connectivity index (χ1) is 8.69. The van der Waals surface area contributed by atoms with Crippen molar-refractivity contribution in [2.24, 2.45) is 11.8 Å². The highest BCUT2D eigenvalue weighted by Crippen LogP contribution is 2.32. The molecule has 2 unspecified atom stereocenters. The van der Waals surface area contributed by atoms with Crippen LogP contribution in [0.4, 0.5) is 0 Å². The predicted octanol–water partition coefficient (Wildman–Crippen LogP) is 3.22. The number of aromatic nitrogens is 1. The number of nitriles is 1. The fraction of sp³-hybridized carbons (Fsp3) is 0.400. The van der Waals surface area contributed by atoms with Crippen LogP contribution in [0.3, 0.4) is 0 Å². The maximum atomic E-state index is 9.37. The molecule has 0 aliphatic heterocycles. The van der Waals surface area contributed by atoms with Gasteiger partial charge in [-0.05, 0) is 24.6 Å². The van der Waals surface area contributed by atoms with Crippen molar-refractivity contribution in [3.8, 4) is 6.07 Å². The van der Waals surface area contributed by atoms with E-state index in [-0.39, 0.29) is 12.0 Å². The first-order valence-corrected chi connectivity index (χ1v) is 6.32. The molecule has 0 saturated heterocycles. The summed E-state index contributed by atoms with van der Waals surface area (Å²) in [4.78, 5) is 3.27. The summed E-state index contributed by atoms with van der Waals surface area (Å²) in [5.41, 5.74) is 2.29. The Kier molecular flexibility index (Phi) is 3.69. The van der Waals surface area contributed by atoms with E-state index in [1.807, 2.05) is 25.4 Å². The molecule has 0 saturated carbocycles. The van der Waals surface area contributed by atoms with Crippen LogP contribution in [0.1, 0.15) is 25.5 Å². The second kappa shape index (κ2) is 5.24. The molecular formula is C15H19N3. The van der Waals surface area contributed by atoms with Crippen LogP contribution in [0, 0.1) is 23.2 Å². The standard InChI is InChI=1S/C15H19N3/c1-10(2)12(8-16)15(17-3)13-9-18-14-7-5-4-6-11(13)14/h4-7,9-10,12,15,17-18H,1-3H3. The minimum atomic E-state index is -0.0331. The van der Waals surface area contributed by atoms with Crippen molar-refractivity contribution in [2.75, 3.05) is 7.05 Å². The Hall–Kier alpha value is -1.79. The van der Waals surface area contributed by atoms with Gasteiger partial charge in [-0.15, -0.1) is 0 Å². The molecule has 2 aromatic rings. The van der Waals surface area contributed by atoms with Gasteiger partial charge in [-0.1, -0.05) is 32.0 Å². The van der Waals surface area contributed by atoms with Gasteiger partial charge in [0.1, 0.15) is 0 Å². The van der Waals surface area contributed by atoms with Crippen molar-refractivity contribution in [3.63, 3.8) is 0 Å². The van der Waals surface area contributed by atoms with Crippen LogP contribution >= 0.6 is 0 Å². The van der Waals surface area contributed by atoms with Crippen molar-refractivity contribution in [1.82, 2.24) is 10.3 Å². The smallest absolute Gasteiger partial charge is 0.0681 e. The lowest BCUT2D eigenvalue weighted by Gasteiger charge is -2.24. The van der Waals surface area contributed by atoms with E-state index in [4.69, 9.17) is 0 Å². The number of benzene rings is 1. The van der Waals surface area contributed by atoms with Gasteiger partial charge in [0.15, 0.2) is 0 Å². The van der Waals surface area contributed by atoms with Gasteiger partial charge in [0.05, 0.1) is 18.0 Å². The van der Waals surface area contributed by atoms with E-state index in [1.54, 1.807) is 0 Å². The van der Waals surface area contributed by atoms with Gasteiger partial charge in [-0.2, -0.15) is 5.26 Å². The predicted molar refractivity (Wildman–Crippen MR) is 74.0 cm³/mol. The van der Waals surface area contributed by atoms with Gasteiger partial charge in [0.25, 0.3) is 0 Å². The molecule has 0 spiro atoms. The molecule has 18 heavy (non-hydrogen) atoms. The second-order valence-corrected chi connectivity index (χ2v) is 4.95. The first-order valence-electron chi connectivity index (χ1n) is 6.32. The molecule has 2 rings (SSSR count). The molecule has 2 N–H and O–H groups in total. The number of hydrogen-bond acceptors (Lipinski definition) is 2. The zero-order valence-electron chi connectivity index (χ0n) is 11.1. The number of para-hydroxylation sites is 1. The monoisotopic (exact) mass is 241 g/mol. The van der Waals surface area contributed by atoms with E-state index in [2.05, 4.69) is 42.4 Å². The summed E-state index contributed by atoms with van der Waals surface area (Å²) in [5, 5.41) is 13.8. The normalized spacial score (nSPS) is 14.6. The summed E-state index contributed by atoms with van der Waals surface area (Å²) in [6.45, 7) is 4.18. The van der Waals surface area contributed by atoms with Gasteiger partial charge < -0.3 is 10.3 Å². The molecule has 3 nitrogen and oxygen atoms in total. The number of nitrogens with zero attached hydrogens (tertiary/aromatic N) is 1. The Labute approximate surface area is 108 Å². The summed E-state index contributed by atoms with van der Waals surface area (Å²) in [5.74, 6) is 0.287. The van der Waals surface area contributed by atoms with Crippen LogP contribution in [0.2, 0.25) is 0 Å². The Balaban J connectivity index is 2.48. The Morgan fingerprint density at radius 1 is 1.28 bits per heavy atom. The zero-order valence-corrected chi connectivity index (χ0v) is 11.1. The Morgan fingerprint density at radius 2 is 2.00 bits per heavy atom. The topological polar surface area (TPSA) is 51.6 Å². The highest BCUT2D eigenvalue weighted by Gasteiger charge is 2.26. The van der Waals surface area contributed by atoms with E-state index in [9.17, 15) is 5.26 Å². The van der Waals surface area contributed by atoms with Crippen LogP contribution in [0.5, 0.6) is 0 Å². The zero-order chi connectivity index (χ0) is 13.1. The Bertz CT molecular complexity index is 562. The number of H-pyrrole nitrogens is 1. The minimum Gasteiger partial charge on any atom is -0.361 e. The molecule has 1 aromatic heterocycles. The lowest BCUT2D eigenvalue weighted by atomic mass is 9.85. The number of hydrogen-bond donors (Lipinski definition) is 2. The molecule has 3 heteroatoms. The fourth-order valence-corrected chi connectivity index (χ4v) is 2.49. The summed E-state index contributed by atoms with van der Waals surface area (Å²) in [6, 6.07) is 10.7. The average Bonchev–Trinajstić information content (AvgIpc) is 2.79. The molecular weight excluding hydrogens is 222 g/mol. The molecule has 2 atom stereocenters. The SMILES string of the molecule is CNC(c1c[nH]c2ccccc12)C(C#N)C(C)C. The summed E-state index contributed by atoms with van der Waals surface area (Å²) in [6.07, 6.45) is 2.01. The van der Waals surface area contributed by atoms with E-state index in [0.717, 1.165) is 5.52 Å². The summed E-state index contributed by atoms with van der Waals surface area (Å²) < 4.78 is 0. The van der Waals surface area contributed by atoms with Gasteiger partial charge in [-0.25, -0.2) is 0 Å². The lowest BCUT2D eigenvalue weighted by molar-refractivity contribution is 0.364.